The minimum Gasteiger partial charge on any atom is -0.349 e. The van der Waals surface area contributed by atoms with Gasteiger partial charge in [-0.25, -0.2) is 0 Å². The molecule has 5 heteroatoms. The van der Waals surface area contributed by atoms with E-state index < -0.39 is 0 Å². The summed E-state index contributed by atoms with van der Waals surface area (Å²) in [5.41, 5.74) is 2.52. The lowest BCUT2D eigenvalue weighted by atomic mass is 10.1. The summed E-state index contributed by atoms with van der Waals surface area (Å²) in [6.07, 6.45) is 5.86. The van der Waals surface area contributed by atoms with Crippen LogP contribution >= 0.6 is 0 Å². The molecule has 1 aromatic heterocycles. The van der Waals surface area contributed by atoms with Gasteiger partial charge in [-0.2, -0.15) is 0 Å². The normalized spacial score (nSPS) is 14.4. The first-order valence-electron chi connectivity index (χ1n) is 8.27. The van der Waals surface area contributed by atoms with Gasteiger partial charge in [0.15, 0.2) is 0 Å². The third kappa shape index (κ3) is 3.98. The standard InChI is InChI=1S/C19H21N3O2/c1-13-6-8-16(9-7-13)22-19(24)17-12-14(10-11-20-17)18(23)21-15-4-2-3-5-15/h6-12,15H,2-5H2,1H3,(H,21,23)(H,22,24). The molecule has 0 radical (unpaired) electrons. The van der Waals surface area contributed by atoms with Gasteiger partial charge in [0.05, 0.1) is 0 Å². The van der Waals surface area contributed by atoms with Crippen LogP contribution in [0, 0.1) is 6.92 Å². The fourth-order valence-corrected chi connectivity index (χ4v) is 2.87. The molecule has 0 unspecified atom stereocenters. The van der Waals surface area contributed by atoms with E-state index in [9.17, 15) is 9.59 Å². The highest BCUT2D eigenvalue weighted by Gasteiger charge is 2.19. The number of amides is 2. The lowest BCUT2D eigenvalue weighted by Crippen LogP contribution is -2.32. The van der Waals surface area contributed by atoms with Gasteiger partial charge >= 0.3 is 0 Å². The summed E-state index contributed by atoms with van der Waals surface area (Å²) in [6, 6.07) is 10.9. The van der Waals surface area contributed by atoms with Crippen molar-refractivity contribution in [2.45, 2.75) is 38.6 Å². The second-order valence-corrected chi connectivity index (χ2v) is 6.20. The van der Waals surface area contributed by atoms with Gasteiger partial charge in [0.1, 0.15) is 5.69 Å². The molecule has 0 aliphatic heterocycles. The first-order valence-corrected chi connectivity index (χ1v) is 8.27. The third-order valence-electron chi connectivity index (χ3n) is 4.25. The summed E-state index contributed by atoms with van der Waals surface area (Å²) in [5.74, 6) is -0.469. The van der Waals surface area contributed by atoms with Crippen molar-refractivity contribution in [3.8, 4) is 0 Å². The number of hydrogen-bond donors (Lipinski definition) is 2. The maximum Gasteiger partial charge on any atom is 0.274 e. The van der Waals surface area contributed by atoms with Crippen LogP contribution in [0.4, 0.5) is 5.69 Å². The minimum atomic E-state index is -0.325. The van der Waals surface area contributed by atoms with Crippen LogP contribution < -0.4 is 10.6 Å². The molecule has 1 saturated carbocycles. The molecule has 1 aliphatic carbocycles. The van der Waals surface area contributed by atoms with E-state index in [1.807, 2.05) is 31.2 Å². The number of carbonyl (C=O) groups excluding carboxylic acids is 2. The van der Waals surface area contributed by atoms with Gasteiger partial charge in [-0.05, 0) is 44.0 Å². The van der Waals surface area contributed by atoms with Gasteiger partial charge in [-0.15, -0.1) is 0 Å². The van der Waals surface area contributed by atoms with Gasteiger partial charge < -0.3 is 10.6 Å². The molecule has 0 spiro atoms. The molecule has 0 bridgehead atoms. The SMILES string of the molecule is Cc1ccc(NC(=O)c2cc(C(=O)NC3CCCC3)ccn2)cc1. The molecule has 1 aromatic carbocycles. The highest BCUT2D eigenvalue weighted by atomic mass is 16.2. The number of pyridine rings is 1. The minimum absolute atomic E-state index is 0.145. The first-order chi connectivity index (χ1) is 11.6. The molecule has 2 N–H and O–H groups in total. The molecule has 1 fully saturated rings. The zero-order valence-electron chi connectivity index (χ0n) is 13.7. The quantitative estimate of drug-likeness (QED) is 0.907. The van der Waals surface area contributed by atoms with E-state index in [-0.39, 0.29) is 23.6 Å². The second kappa shape index (κ2) is 7.25. The van der Waals surface area contributed by atoms with Crippen LogP contribution in [-0.4, -0.2) is 22.8 Å². The molecule has 2 amide bonds. The van der Waals surface area contributed by atoms with E-state index in [0.717, 1.165) is 31.2 Å². The van der Waals surface area contributed by atoms with Gasteiger partial charge in [0.2, 0.25) is 0 Å². The number of aryl methyl sites for hydroxylation is 1. The van der Waals surface area contributed by atoms with Crippen molar-refractivity contribution in [1.29, 1.82) is 0 Å². The van der Waals surface area contributed by atoms with E-state index in [1.165, 1.54) is 12.3 Å². The summed E-state index contributed by atoms with van der Waals surface area (Å²) < 4.78 is 0. The fourth-order valence-electron chi connectivity index (χ4n) is 2.87. The Kier molecular flexibility index (Phi) is 4.89. The third-order valence-corrected chi connectivity index (χ3v) is 4.25. The van der Waals surface area contributed by atoms with Gasteiger partial charge in [-0.3, -0.25) is 14.6 Å². The number of benzene rings is 1. The van der Waals surface area contributed by atoms with Crippen LogP contribution in [0.1, 0.15) is 52.1 Å². The summed E-state index contributed by atoms with van der Waals surface area (Å²) in [5, 5.41) is 5.81. The topological polar surface area (TPSA) is 71.1 Å². The number of nitrogens with one attached hydrogen (secondary N) is 2. The Hall–Kier alpha value is -2.69. The highest BCUT2D eigenvalue weighted by molar-refractivity contribution is 6.04. The summed E-state index contributed by atoms with van der Waals surface area (Å²) in [7, 11) is 0. The van der Waals surface area contributed by atoms with Crippen molar-refractivity contribution in [1.82, 2.24) is 10.3 Å². The molecule has 3 rings (SSSR count). The lowest BCUT2D eigenvalue weighted by Gasteiger charge is -2.12. The molecule has 2 aromatic rings. The Morgan fingerprint density at radius 2 is 1.75 bits per heavy atom. The molecule has 5 nitrogen and oxygen atoms in total. The maximum absolute atomic E-state index is 12.3. The molecule has 1 heterocycles. The average molecular weight is 323 g/mol. The number of nitrogens with zero attached hydrogens (tertiary/aromatic N) is 1. The van der Waals surface area contributed by atoms with Crippen molar-refractivity contribution in [2.24, 2.45) is 0 Å². The Balaban J connectivity index is 1.68. The zero-order valence-corrected chi connectivity index (χ0v) is 13.7. The lowest BCUT2D eigenvalue weighted by molar-refractivity contribution is 0.0937. The van der Waals surface area contributed by atoms with E-state index in [1.54, 1.807) is 6.07 Å². The number of hydrogen-bond acceptors (Lipinski definition) is 3. The van der Waals surface area contributed by atoms with Crippen LogP contribution in [0.25, 0.3) is 0 Å². The molecular weight excluding hydrogens is 302 g/mol. The summed E-state index contributed by atoms with van der Waals surface area (Å²) in [6.45, 7) is 1.99. The second-order valence-electron chi connectivity index (χ2n) is 6.20. The van der Waals surface area contributed by atoms with Crippen LogP contribution in [0.15, 0.2) is 42.6 Å². The molecular formula is C19H21N3O2. The zero-order chi connectivity index (χ0) is 16.9. The predicted octanol–water partition coefficient (Wildman–Crippen LogP) is 3.31. The molecule has 0 saturated heterocycles. The van der Waals surface area contributed by atoms with Crippen LogP contribution in [0.5, 0.6) is 0 Å². The van der Waals surface area contributed by atoms with E-state index in [2.05, 4.69) is 15.6 Å². The summed E-state index contributed by atoms with van der Waals surface area (Å²) >= 11 is 0. The van der Waals surface area contributed by atoms with Crippen LogP contribution in [0.2, 0.25) is 0 Å². The Labute approximate surface area is 141 Å². The predicted molar refractivity (Wildman–Crippen MR) is 93.1 cm³/mol. The van der Waals surface area contributed by atoms with Crippen molar-refractivity contribution in [3.05, 3.63) is 59.4 Å². The van der Waals surface area contributed by atoms with E-state index >= 15 is 0 Å². The average Bonchev–Trinajstić information content (AvgIpc) is 3.10. The van der Waals surface area contributed by atoms with Gasteiger partial charge in [-0.1, -0.05) is 30.5 Å². The number of anilines is 1. The summed E-state index contributed by atoms with van der Waals surface area (Å²) in [4.78, 5) is 28.7. The van der Waals surface area contributed by atoms with E-state index in [0.29, 0.717) is 11.3 Å². The smallest absolute Gasteiger partial charge is 0.274 e. The van der Waals surface area contributed by atoms with Crippen LogP contribution in [0.3, 0.4) is 0 Å². The monoisotopic (exact) mass is 323 g/mol. The fraction of sp³-hybridized carbons (Fsp3) is 0.316. The van der Waals surface area contributed by atoms with E-state index in [4.69, 9.17) is 0 Å². The van der Waals surface area contributed by atoms with Crippen molar-refractivity contribution >= 4 is 17.5 Å². The largest absolute Gasteiger partial charge is 0.349 e. The van der Waals surface area contributed by atoms with Crippen molar-refractivity contribution in [3.63, 3.8) is 0 Å². The Morgan fingerprint density at radius 3 is 2.46 bits per heavy atom. The van der Waals surface area contributed by atoms with Crippen molar-refractivity contribution in [2.75, 3.05) is 5.32 Å². The number of carbonyl (C=O) groups is 2. The first kappa shape index (κ1) is 16.2. The van der Waals surface area contributed by atoms with Gasteiger partial charge in [0, 0.05) is 23.5 Å². The number of aromatic nitrogens is 1. The number of rotatable bonds is 4. The Bertz CT molecular complexity index is 735. The molecule has 124 valence electrons. The molecule has 24 heavy (non-hydrogen) atoms. The molecule has 1 aliphatic rings. The highest BCUT2D eigenvalue weighted by Crippen LogP contribution is 2.18. The van der Waals surface area contributed by atoms with Gasteiger partial charge in [0.25, 0.3) is 11.8 Å². The van der Waals surface area contributed by atoms with Crippen LogP contribution in [-0.2, 0) is 0 Å². The maximum atomic E-state index is 12.3. The Morgan fingerprint density at radius 1 is 1.04 bits per heavy atom. The van der Waals surface area contributed by atoms with Crippen molar-refractivity contribution < 1.29 is 9.59 Å². The molecule has 0 atom stereocenters.